The number of hydrogen-bond donors (Lipinski definition) is 3. The lowest BCUT2D eigenvalue weighted by Crippen LogP contribution is -2.32. The molecule has 4 N–H and O–H groups in total. The number of nitrogen functional groups attached to an aromatic ring is 1. The lowest BCUT2D eigenvalue weighted by Gasteiger charge is -2.13. The van der Waals surface area contributed by atoms with Crippen molar-refractivity contribution in [3.05, 3.63) is 21.1 Å². The van der Waals surface area contributed by atoms with Crippen LogP contribution in [0.5, 0.6) is 0 Å². The van der Waals surface area contributed by atoms with Gasteiger partial charge in [-0.3, -0.25) is 0 Å². The van der Waals surface area contributed by atoms with E-state index in [0.29, 0.717) is 21.1 Å². The first-order valence-electron chi connectivity index (χ1n) is 5.20. The lowest BCUT2D eigenvalue weighted by atomic mass is 10.3. The molecule has 0 amide bonds. The van der Waals surface area contributed by atoms with Gasteiger partial charge in [-0.15, -0.1) is 0 Å². The number of nitrogens with two attached hydrogens (primary N) is 1. The van der Waals surface area contributed by atoms with Crippen molar-refractivity contribution in [2.75, 3.05) is 12.3 Å². The van der Waals surface area contributed by atoms with Crippen molar-refractivity contribution in [1.82, 2.24) is 4.72 Å². The van der Waals surface area contributed by atoms with Crippen LogP contribution in [0.2, 0.25) is 0 Å². The second-order valence-electron chi connectivity index (χ2n) is 3.73. The molecule has 1 aromatic rings. The Kier molecular flexibility index (Phi) is 5.60. The topological polar surface area (TPSA) is 92.4 Å². The monoisotopic (exact) mass is 400 g/mol. The number of hydrogen-bond acceptors (Lipinski definition) is 4. The normalized spacial score (nSPS) is 13.6. The van der Waals surface area contributed by atoms with Crippen LogP contribution in [0.3, 0.4) is 0 Å². The molecular formula is C10H14Br2N2O3S. The Labute approximate surface area is 123 Å². The fourth-order valence-electron chi connectivity index (χ4n) is 1.26. The second-order valence-corrected chi connectivity index (χ2v) is 7.14. The highest BCUT2D eigenvalue weighted by Gasteiger charge is 2.22. The van der Waals surface area contributed by atoms with Gasteiger partial charge in [0.2, 0.25) is 10.0 Å². The molecule has 0 aliphatic heterocycles. The van der Waals surface area contributed by atoms with Gasteiger partial charge in [-0.1, -0.05) is 6.92 Å². The standard InChI is InChI=1S/C10H14Br2N2O3S/c1-2-7(15)5-14-18(16,17)10-8(11)3-6(13)4-9(10)12/h3-4,7,14-15H,2,5,13H2,1H3. The summed E-state index contributed by atoms with van der Waals surface area (Å²) in [7, 11) is -3.70. The third kappa shape index (κ3) is 3.92. The van der Waals surface area contributed by atoms with Crippen molar-refractivity contribution < 1.29 is 13.5 Å². The van der Waals surface area contributed by atoms with E-state index in [-0.39, 0.29) is 11.4 Å². The van der Waals surface area contributed by atoms with Crippen molar-refractivity contribution in [3.8, 4) is 0 Å². The van der Waals surface area contributed by atoms with Crippen molar-refractivity contribution in [3.63, 3.8) is 0 Å². The molecule has 102 valence electrons. The van der Waals surface area contributed by atoms with Gasteiger partial charge < -0.3 is 10.8 Å². The van der Waals surface area contributed by atoms with Crippen LogP contribution in [0.4, 0.5) is 5.69 Å². The van der Waals surface area contributed by atoms with Crippen LogP contribution in [0.25, 0.3) is 0 Å². The number of aliphatic hydroxyl groups is 1. The number of anilines is 1. The van der Waals surface area contributed by atoms with Crippen molar-refractivity contribution in [2.24, 2.45) is 0 Å². The van der Waals surface area contributed by atoms with Gasteiger partial charge in [0.15, 0.2) is 0 Å². The van der Waals surface area contributed by atoms with E-state index in [2.05, 4.69) is 36.6 Å². The Bertz CT molecular complexity index is 511. The third-order valence-electron chi connectivity index (χ3n) is 2.27. The average molecular weight is 402 g/mol. The second kappa shape index (κ2) is 6.33. The van der Waals surface area contributed by atoms with Crippen LogP contribution in [0, 0.1) is 0 Å². The highest BCUT2D eigenvalue weighted by molar-refractivity contribution is 9.11. The van der Waals surface area contributed by atoms with Gasteiger partial charge in [0, 0.05) is 21.2 Å². The summed E-state index contributed by atoms with van der Waals surface area (Å²) in [6.07, 6.45) is -0.224. The predicted molar refractivity (Wildman–Crippen MR) is 77.7 cm³/mol. The summed E-state index contributed by atoms with van der Waals surface area (Å²) >= 11 is 6.33. The number of nitrogens with one attached hydrogen (secondary N) is 1. The van der Waals surface area contributed by atoms with E-state index in [1.165, 1.54) is 12.1 Å². The molecule has 0 aliphatic carbocycles. The number of rotatable bonds is 5. The third-order valence-corrected chi connectivity index (χ3v) is 5.57. The van der Waals surface area contributed by atoms with Gasteiger partial charge in [-0.25, -0.2) is 13.1 Å². The molecule has 1 atom stereocenters. The van der Waals surface area contributed by atoms with Gasteiger partial charge in [0.05, 0.1) is 6.10 Å². The van der Waals surface area contributed by atoms with E-state index in [1.807, 2.05) is 0 Å². The molecule has 18 heavy (non-hydrogen) atoms. The molecule has 5 nitrogen and oxygen atoms in total. The highest BCUT2D eigenvalue weighted by atomic mass is 79.9. The molecule has 8 heteroatoms. The number of sulfonamides is 1. The Morgan fingerprint density at radius 3 is 2.33 bits per heavy atom. The molecular weight excluding hydrogens is 388 g/mol. The first kappa shape index (κ1) is 15.9. The number of benzene rings is 1. The summed E-state index contributed by atoms with van der Waals surface area (Å²) in [6, 6.07) is 3.02. The predicted octanol–water partition coefficient (Wildman–Crippen LogP) is 1.84. The Balaban J connectivity index is 3.06. The quantitative estimate of drug-likeness (QED) is 0.656. The lowest BCUT2D eigenvalue weighted by molar-refractivity contribution is 0.174. The zero-order chi connectivity index (χ0) is 13.9. The molecule has 0 spiro atoms. The van der Waals surface area contributed by atoms with Crippen LogP contribution in [0.15, 0.2) is 26.0 Å². The Morgan fingerprint density at radius 2 is 1.89 bits per heavy atom. The molecule has 0 aromatic heterocycles. The summed E-state index contributed by atoms with van der Waals surface area (Å²) in [5, 5.41) is 9.38. The maximum Gasteiger partial charge on any atom is 0.242 e. The van der Waals surface area contributed by atoms with Crippen molar-refractivity contribution in [2.45, 2.75) is 24.3 Å². The molecule has 0 saturated heterocycles. The first-order valence-corrected chi connectivity index (χ1v) is 8.27. The smallest absolute Gasteiger partial charge is 0.242 e. The van der Waals surface area contributed by atoms with E-state index in [9.17, 15) is 13.5 Å². The minimum atomic E-state index is -3.70. The van der Waals surface area contributed by atoms with Gasteiger partial charge in [0.25, 0.3) is 0 Å². The summed E-state index contributed by atoms with van der Waals surface area (Å²) < 4.78 is 27.3. The number of aliphatic hydroxyl groups excluding tert-OH is 1. The van der Waals surface area contributed by atoms with Crippen LogP contribution < -0.4 is 10.5 Å². The summed E-state index contributed by atoms with van der Waals surface area (Å²) in [6.45, 7) is 1.75. The van der Waals surface area contributed by atoms with Crippen molar-refractivity contribution >= 4 is 47.6 Å². The summed E-state index contributed by atoms with van der Waals surface area (Å²) in [4.78, 5) is 0.0694. The Morgan fingerprint density at radius 1 is 1.39 bits per heavy atom. The molecule has 0 aliphatic rings. The summed E-state index contributed by atoms with van der Waals surface area (Å²) in [5.74, 6) is 0. The van der Waals surface area contributed by atoms with E-state index in [1.54, 1.807) is 6.92 Å². The molecule has 1 unspecified atom stereocenters. The molecule has 0 saturated carbocycles. The maximum atomic E-state index is 12.1. The van der Waals surface area contributed by atoms with Crippen LogP contribution in [-0.4, -0.2) is 26.2 Å². The highest BCUT2D eigenvalue weighted by Crippen LogP contribution is 2.32. The fraction of sp³-hybridized carbons (Fsp3) is 0.400. The molecule has 0 bridgehead atoms. The zero-order valence-corrected chi connectivity index (χ0v) is 13.6. The minimum absolute atomic E-state index is 0.0257. The summed E-state index contributed by atoms with van der Waals surface area (Å²) in [5.41, 5.74) is 6.05. The Hall–Kier alpha value is -0.150. The minimum Gasteiger partial charge on any atom is -0.399 e. The van der Waals surface area contributed by atoms with E-state index >= 15 is 0 Å². The number of halogens is 2. The molecule has 0 radical (unpaired) electrons. The van der Waals surface area contributed by atoms with E-state index < -0.39 is 16.1 Å². The largest absolute Gasteiger partial charge is 0.399 e. The van der Waals surface area contributed by atoms with Gasteiger partial charge in [0.1, 0.15) is 4.90 Å². The van der Waals surface area contributed by atoms with E-state index in [4.69, 9.17) is 5.73 Å². The van der Waals surface area contributed by atoms with Gasteiger partial charge in [-0.05, 0) is 50.4 Å². The maximum absolute atomic E-state index is 12.1. The first-order chi connectivity index (χ1) is 8.27. The van der Waals surface area contributed by atoms with E-state index in [0.717, 1.165) is 0 Å². The average Bonchev–Trinajstić information content (AvgIpc) is 2.24. The zero-order valence-electron chi connectivity index (χ0n) is 9.65. The van der Waals surface area contributed by atoms with Crippen LogP contribution in [0.1, 0.15) is 13.3 Å². The van der Waals surface area contributed by atoms with Gasteiger partial charge >= 0.3 is 0 Å². The molecule has 0 heterocycles. The van der Waals surface area contributed by atoms with Gasteiger partial charge in [-0.2, -0.15) is 0 Å². The fourth-order valence-corrected chi connectivity index (χ4v) is 4.95. The molecule has 0 fully saturated rings. The van der Waals surface area contributed by atoms with Crippen LogP contribution in [-0.2, 0) is 10.0 Å². The molecule has 1 aromatic carbocycles. The molecule has 1 rings (SSSR count). The SMILES string of the molecule is CCC(O)CNS(=O)(=O)c1c(Br)cc(N)cc1Br. The van der Waals surface area contributed by atoms with Crippen LogP contribution >= 0.6 is 31.9 Å². The van der Waals surface area contributed by atoms with Crippen molar-refractivity contribution in [1.29, 1.82) is 0 Å².